The summed E-state index contributed by atoms with van der Waals surface area (Å²) in [5, 5.41) is 2.87. The molecule has 36 heavy (non-hydrogen) atoms. The molecule has 0 unspecified atom stereocenters. The third-order valence-corrected chi connectivity index (χ3v) is 8.41. The summed E-state index contributed by atoms with van der Waals surface area (Å²) in [5.41, 5.74) is 13.4. The Balaban J connectivity index is 1.87. The van der Waals surface area contributed by atoms with E-state index in [2.05, 4.69) is 105 Å². The second-order valence-corrected chi connectivity index (χ2v) is 14.4. The number of fused-ring (bicyclic) bond motifs is 3. The molecule has 0 amide bonds. The van der Waals surface area contributed by atoms with Gasteiger partial charge >= 0.3 is 0 Å². The Bertz CT molecular complexity index is 1390. The fourth-order valence-corrected chi connectivity index (χ4v) is 6.36. The van der Waals surface area contributed by atoms with Gasteiger partial charge < -0.3 is 0 Å². The van der Waals surface area contributed by atoms with Gasteiger partial charge in [0.25, 0.3) is 0 Å². The van der Waals surface area contributed by atoms with Gasteiger partial charge in [0, 0.05) is 0 Å². The minimum absolute atomic E-state index is 0.0580. The summed E-state index contributed by atoms with van der Waals surface area (Å²) in [6, 6.07) is 9.66. The summed E-state index contributed by atoms with van der Waals surface area (Å²) in [6.45, 7) is 21.2. The summed E-state index contributed by atoms with van der Waals surface area (Å²) in [6.07, 6.45) is 16.5. The van der Waals surface area contributed by atoms with Gasteiger partial charge in [0.05, 0.1) is 0 Å². The van der Waals surface area contributed by atoms with Crippen molar-refractivity contribution in [3.8, 4) is 11.1 Å². The molecule has 1 fully saturated rings. The molecule has 0 aliphatic heterocycles. The fourth-order valence-electron chi connectivity index (χ4n) is 6.36. The van der Waals surface area contributed by atoms with E-state index in [9.17, 15) is 0 Å². The van der Waals surface area contributed by atoms with Gasteiger partial charge in [-0.25, -0.2) is 0 Å². The number of hydrogen-bond donors (Lipinski definition) is 0. The van der Waals surface area contributed by atoms with Gasteiger partial charge in [-0.05, 0) is 122 Å². The zero-order valence-corrected chi connectivity index (χ0v) is 24.2. The van der Waals surface area contributed by atoms with Crippen LogP contribution in [0.25, 0.3) is 28.3 Å². The maximum absolute atomic E-state index is 3.96. The summed E-state index contributed by atoms with van der Waals surface area (Å²) in [5.74, 6) is 0. The first kappa shape index (κ1) is 25.3. The lowest BCUT2D eigenvalue weighted by molar-refractivity contribution is 0.518. The second-order valence-electron chi connectivity index (χ2n) is 14.4. The van der Waals surface area contributed by atoms with Crippen LogP contribution < -0.4 is 10.4 Å². The first-order valence-corrected chi connectivity index (χ1v) is 14.2. The highest BCUT2D eigenvalue weighted by atomic mass is 14.3. The topological polar surface area (TPSA) is 0 Å². The summed E-state index contributed by atoms with van der Waals surface area (Å²) >= 11 is 0. The highest BCUT2D eigenvalue weighted by Gasteiger charge is 2.30. The molecule has 0 bridgehead atoms. The molecule has 2 aromatic rings. The van der Waals surface area contributed by atoms with E-state index in [-0.39, 0.29) is 16.2 Å². The largest absolute Gasteiger partial charge is 0.0763 e. The Morgan fingerprint density at radius 2 is 1.42 bits per heavy atom. The monoisotopic (exact) mass is 477 g/mol. The van der Waals surface area contributed by atoms with Gasteiger partial charge in [0.2, 0.25) is 0 Å². The Kier molecular flexibility index (Phi) is 6.06. The van der Waals surface area contributed by atoms with Gasteiger partial charge in [-0.2, -0.15) is 0 Å². The van der Waals surface area contributed by atoms with E-state index in [0.717, 1.165) is 6.42 Å². The number of allylic oxidation sites excluding steroid dienone is 4. The quantitative estimate of drug-likeness (QED) is 0.328. The maximum atomic E-state index is 3.96. The highest BCUT2D eigenvalue weighted by Crippen LogP contribution is 2.41. The molecule has 0 nitrogen and oxygen atoms in total. The van der Waals surface area contributed by atoms with Crippen LogP contribution in [-0.4, -0.2) is 0 Å². The fraction of sp³-hybridized carbons (Fsp3) is 0.500. The molecule has 2 aromatic carbocycles. The Hall–Kier alpha value is -2.34. The third-order valence-electron chi connectivity index (χ3n) is 8.41. The van der Waals surface area contributed by atoms with Gasteiger partial charge in [0.1, 0.15) is 0 Å². The zero-order chi connectivity index (χ0) is 26.0. The highest BCUT2D eigenvalue weighted by molar-refractivity contribution is 5.90. The second kappa shape index (κ2) is 8.61. The molecule has 189 valence electrons. The standard InChI is InChI=1S/C36H45/c1-34(2,3)26-16-15-24(19-26)32-31-21-25-20-27(35(4,5)6)17-18-28(25)30(31)22-29(33(32)36(7,8)9)23-13-11-10-12-14-23/h16-20,22H,10-15H2,1-9H3. The predicted molar refractivity (Wildman–Crippen MR) is 158 cm³/mol. The first-order valence-electron chi connectivity index (χ1n) is 14.2. The molecule has 3 aliphatic carbocycles. The van der Waals surface area contributed by atoms with Crippen molar-refractivity contribution in [3.05, 3.63) is 74.7 Å². The van der Waals surface area contributed by atoms with E-state index in [4.69, 9.17) is 0 Å². The van der Waals surface area contributed by atoms with E-state index in [0.29, 0.717) is 0 Å². The van der Waals surface area contributed by atoms with Crippen molar-refractivity contribution in [2.24, 2.45) is 5.41 Å². The van der Waals surface area contributed by atoms with Gasteiger partial charge in [-0.1, -0.05) is 98.6 Å². The van der Waals surface area contributed by atoms with Crippen molar-refractivity contribution in [3.63, 3.8) is 0 Å². The summed E-state index contributed by atoms with van der Waals surface area (Å²) in [7, 11) is 0. The minimum Gasteiger partial charge on any atom is -0.0763 e. The van der Waals surface area contributed by atoms with Crippen LogP contribution in [0.1, 0.15) is 123 Å². The summed E-state index contributed by atoms with van der Waals surface area (Å²) in [4.78, 5) is 0. The van der Waals surface area contributed by atoms with E-state index in [1.54, 1.807) is 11.1 Å². The van der Waals surface area contributed by atoms with Gasteiger partial charge in [0.15, 0.2) is 0 Å². The average Bonchev–Trinajstić information content (AvgIpc) is 3.42. The number of rotatable bonds is 1. The van der Waals surface area contributed by atoms with Crippen molar-refractivity contribution < 1.29 is 0 Å². The molecule has 5 rings (SSSR count). The molecule has 0 aromatic heterocycles. The van der Waals surface area contributed by atoms with Crippen molar-refractivity contribution in [1.29, 1.82) is 0 Å². The van der Waals surface area contributed by atoms with Crippen LogP contribution in [0.15, 0.2) is 42.0 Å². The Morgan fingerprint density at radius 3 is 2.00 bits per heavy atom. The predicted octanol–water partition coefficient (Wildman–Crippen LogP) is 8.84. The third kappa shape index (κ3) is 4.46. The van der Waals surface area contributed by atoms with Crippen LogP contribution in [0, 0.1) is 5.41 Å². The molecule has 3 aliphatic rings. The van der Waals surface area contributed by atoms with Crippen LogP contribution in [0.2, 0.25) is 0 Å². The molecular formula is C36H45. The van der Waals surface area contributed by atoms with Crippen LogP contribution in [0.5, 0.6) is 0 Å². The van der Waals surface area contributed by atoms with Gasteiger partial charge in [-0.15, -0.1) is 0 Å². The zero-order valence-electron chi connectivity index (χ0n) is 24.2. The van der Waals surface area contributed by atoms with Crippen LogP contribution in [-0.2, 0) is 10.8 Å². The molecule has 0 saturated heterocycles. The van der Waals surface area contributed by atoms with Crippen LogP contribution >= 0.6 is 0 Å². The molecule has 0 heterocycles. The number of hydrogen-bond acceptors (Lipinski definition) is 0. The lowest BCUT2D eigenvalue weighted by Crippen LogP contribution is -2.32. The lowest BCUT2D eigenvalue weighted by Gasteiger charge is -2.28. The SMILES string of the molecule is CC(C)(C)C1=CCC(c2c(C(C)(C)C)c(=C3CCCCC3)cc3c2=[C]c2cc(C(C)(C)C)ccc2-3)=C1. The van der Waals surface area contributed by atoms with Crippen molar-refractivity contribution in [2.75, 3.05) is 0 Å². The molecule has 1 saturated carbocycles. The minimum atomic E-state index is 0.0580. The van der Waals surface area contributed by atoms with Crippen molar-refractivity contribution in [1.82, 2.24) is 0 Å². The summed E-state index contributed by atoms with van der Waals surface area (Å²) < 4.78 is 0. The smallest absolute Gasteiger partial charge is 0.000731 e. The van der Waals surface area contributed by atoms with Gasteiger partial charge in [-0.3, -0.25) is 0 Å². The number of benzene rings is 2. The Labute approximate surface area is 219 Å². The molecule has 0 N–H and O–H groups in total. The molecular weight excluding hydrogens is 432 g/mol. The van der Waals surface area contributed by atoms with E-state index < -0.39 is 0 Å². The molecule has 0 heteroatoms. The van der Waals surface area contributed by atoms with E-state index >= 15 is 0 Å². The maximum Gasteiger partial charge on any atom is -0.000731 e. The average molecular weight is 478 g/mol. The first-order chi connectivity index (χ1) is 16.7. The molecule has 0 atom stereocenters. The van der Waals surface area contributed by atoms with Crippen LogP contribution in [0.4, 0.5) is 0 Å². The van der Waals surface area contributed by atoms with Crippen molar-refractivity contribution in [2.45, 2.75) is 112 Å². The lowest BCUT2D eigenvalue weighted by atomic mass is 9.76. The Morgan fingerprint density at radius 1 is 0.722 bits per heavy atom. The van der Waals surface area contributed by atoms with Crippen LogP contribution in [0.3, 0.4) is 0 Å². The van der Waals surface area contributed by atoms with E-state index in [1.807, 2.05) is 0 Å². The molecule has 1 radical (unpaired) electrons. The molecule has 0 spiro atoms. The normalized spacial score (nSPS) is 18.0. The van der Waals surface area contributed by atoms with E-state index in [1.165, 1.54) is 81.5 Å². The van der Waals surface area contributed by atoms with Crippen molar-refractivity contribution >= 4 is 17.2 Å².